The summed E-state index contributed by atoms with van der Waals surface area (Å²) in [5, 5.41) is 32.9. The molecular formula is C48H84O14. The Kier molecular flexibility index (Phi) is 25.0. The van der Waals surface area contributed by atoms with Crippen molar-refractivity contribution in [3.8, 4) is 5.75 Å². The van der Waals surface area contributed by atoms with Crippen LogP contribution >= 0.6 is 0 Å². The Balaban J connectivity index is 1.25. The monoisotopic (exact) mass is 885 g/mol. The van der Waals surface area contributed by atoms with Crippen LogP contribution in [0.3, 0.4) is 0 Å². The number of aliphatic hydroxyl groups is 3. The maximum atomic E-state index is 11.2. The molecule has 0 unspecified atom stereocenters. The van der Waals surface area contributed by atoms with Crippen LogP contribution in [0.15, 0.2) is 24.3 Å². The number of hydrogen-bond donors (Lipinski definition) is 3. The molecule has 15 atom stereocenters. The number of rotatable bonds is 30. The van der Waals surface area contributed by atoms with Gasteiger partial charge in [-0.15, -0.1) is 0 Å². The van der Waals surface area contributed by atoms with E-state index in [4.69, 9.17) is 52.1 Å². The number of unbranched alkanes of at least 4 members (excludes halogenated alkanes) is 16. The van der Waals surface area contributed by atoms with Crippen LogP contribution in [0.25, 0.3) is 0 Å². The molecule has 14 heteroatoms. The molecule has 0 radical (unpaired) electrons. The van der Waals surface area contributed by atoms with E-state index in [1.165, 1.54) is 144 Å². The Morgan fingerprint density at radius 3 is 1.48 bits per heavy atom. The predicted molar refractivity (Wildman–Crippen MR) is 235 cm³/mol. The van der Waals surface area contributed by atoms with Crippen LogP contribution in [0.1, 0.15) is 135 Å². The number of ether oxygens (including phenoxy) is 11. The molecule has 360 valence electrons. The van der Waals surface area contributed by atoms with E-state index < -0.39 is 92.1 Å². The number of benzene rings is 1. The fourth-order valence-corrected chi connectivity index (χ4v) is 9.11. The largest absolute Gasteiger partial charge is 0.462 e. The third kappa shape index (κ3) is 15.8. The van der Waals surface area contributed by atoms with Crippen LogP contribution in [-0.4, -0.2) is 150 Å². The molecular weight excluding hydrogens is 801 g/mol. The molecule has 1 aromatic rings. The lowest BCUT2D eigenvalue weighted by atomic mass is 9.96. The fourth-order valence-electron chi connectivity index (χ4n) is 9.11. The van der Waals surface area contributed by atoms with Crippen molar-refractivity contribution < 1.29 is 67.4 Å². The smallest absolute Gasteiger partial charge is 0.229 e. The SMILES string of the molecule is CCCCCCCCCCCCCCCCCCCc1ccc(O[C@@H]2O[C@@H](C)[C@H](O)[C@@H](OC)[C@H]2O[C@@H]2O[C@@H](C)[C@H](O[C@@H]3O[C@H](COC)[C@@H](O)[C@H](OC)[C@H]3O)[C@@H](OC)[C@H]2OC)cc1. The van der Waals surface area contributed by atoms with E-state index >= 15 is 0 Å². The Morgan fingerprint density at radius 2 is 0.968 bits per heavy atom. The van der Waals surface area contributed by atoms with Gasteiger partial charge in [0.05, 0.1) is 18.8 Å². The second kappa shape index (κ2) is 29.2. The molecule has 3 aliphatic rings. The zero-order chi connectivity index (χ0) is 44.9. The van der Waals surface area contributed by atoms with Gasteiger partial charge < -0.3 is 67.4 Å². The van der Waals surface area contributed by atoms with Crippen LogP contribution in [0.5, 0.6) is 5.75 Å². The van der Waals surface area contributed by atoms with Gasteiger partial charge in [-0.25, -0.2) is 0 Å². The topological polar surface area (TPSA) is 162 Å². The highest BCUT2D eigenvalue weighted by molar-refractivity contribution is 5.27. The Bertz CT molecular complexity index is 1290. The molecule has 3 heterocycles. The second-order valence-corrected chi connectivity index (χ2v) is 17.6. The van der Waals surface area contributed by atoms with Crippen molar-refractivity contribution in [3.05, 3.63) is 29.8 Å². The van der Waals surface area contributed by atoms with Crippen LogP contribution in [0, 0.1) is 0 Å². The van der Waals surface area contributed by atoms with Gasteiger partial charge in [-0.3, -0.25) is 0 Å². The van der Waals surface area contributed by atoms with E-state index in [1.54, 1.807) is 13.8 Å². The second-order valence-electron chi connectivity index (χ2n) is 17.6. The van der Waals surface area contributed by atoms with Gasteiger partial charge in [-0.2, -0.15) is 0 Å². The Morgan fingerprint density at radius 1 is 0.468 bits per heavy atom. The summed E-state index contributed by atoms with van der Waals surface area (Å²) in [7, 11) is 7.40. The first kappa shape index (κ1) is 53.1. The molecule has 3 N–H and O–H groups in total. The summed E-state index contributed by atoms with van der Waals surface area (Å²) >= 11 is 0. The van der Waals surface area contributed by atoms with Gasteiger partial charge in [0.2, 0.25) is 6.29 Å². The first-order chi connectivity index (χ1) is 30.1. The molecule has 3 aliphatic heterocycles. The minimum absolute atomic E-state index is 0.0518. The zero-order valence-corrected chi connectivity index (χ0v) is 39.2. The van der Waals surface area contributed by atoms with Crippen LogP contribution in [0.2, 0.25) is 0 Å². The van der Waals surface area contributed by atoms with E-state index in [-0.39, 0.29) is 6.61 Å². The average Bonchev–Trinajstić information content (AvgIpc) is 3.26. The lowest BCUT2D eigenvalue weighted by Gasteiger charge is -2.49. The first-order valence-corrected chi connectivity index (χ1v) is 23.8. The molecule has 4 rings (SSSR count). The summed E-state index contributed by atoms with van der Waals surface area (Å²) in [6, 6.07) is 8.05. The maximum Gasteiger partial charge on any atom is 0.229 e. The summed E-state index contributed by atoms with van der Waals surface area (Å²) in [6.45, 7) is 5.87. The van der Waals surface area contributed by atoms with Gasteiger partial charge in [-0.05, 0) is 44.4 Å². The number of methoxy groups -OCH3 is 5. The fraction of sp³-hybridized carbons (Fsp3) is 0.875. The average molecular weight is 885 g/mol. The molecule has 0 spiro atoms. The number of aryl methyl sites for hydroxylation is 1. The van der Waals surface area contributed by atoms with Gasteiger partial charge in [0.15, 0.2) is 18.7 Å². The van der Waals surface area contributed by atoms with Crippen LogP contribution in [0.4, 0.5) is 0 Å². The lowest BCUT2D eigenvalue weighted by Crippen LogP contribution is -2.66. The van der Waals surface area contributed by atoms with E-state index in [0.717, 1.165) is 12.8 Å². The van der Waals surface area contributed by atoms with E-state index in [2.05, 4.69) is 19.1 Å². The Labute approximate surface area is 372 Å². The molecule has 0 aliphatic carbocycles. The Hall–Kier alpha value is -1.50. The third-order valence-corrected chi connectivity index (χ3v) is 12.9. The summed E-state index contributed by atoms with van der Waals surface area (Å²) < 4.78 is 66.2. The van der Waals surface area contributed by atoms with Gasteiger partial charge in [0.25, 0.3) is 0 Å². The lowest BCUT2D eigenvalue weighted by molar-refractivity contribution is -0.379. The van der Waals surface area contributed by atoms with E-state index in [1.807, 2.05) is 12.1 Å². The molecule has 0 amide bonds. The van der Waals surface area contributed by atoms with Gasteiger partial charge in [-0.1, -0.05) is 122 Å². The summed E-state index contributed by atoms with van der Waals surface area (Å²) in [4.78, 5) is 0. The molecule has 62 heavy (non-hydrogen) atoms. The van der Waals surface area contributed by atoms with Gasteiger partial charge in [0, 0.05) is 35.5 Å². The molecule has 3 fully saturated rings. The van der Waals surface area contributed by atoms with Crippen LogP contribution < -0.4 is 4.74 Å². The van der Waals surface area contributed by atoms with Crippen molar-refractivity contribution in [2.75, 3.05) is 42.2 Å². The van der Waals surface area contributed by atoms with Crippen molar-refractivity contribution in [2.24, 2.45) is 0 Å². The molecule has 3 saturated heterocycles. The third-order valence-electron chi connectivity index (χ3n) is 12.9. The molecule has 0 aromatic heterocycles. The zero-order valence-electron chi connectivity index (χ0n) is 39.2. The number of hydrogen-bond acceptors (Lipinski definition) is 14. The molecule has 1 aromatic carbocycles. The first-order valence-electron chi connectivity index (χ1n) is 23.8. The molecule has 0 saturated carbocycles. The maximum absolute atomic E-state index is 11.2. The highest BCUT2D eigenvalue weighted by atomic mass is 16.8. The van der Waals surface area contributed by atoms with E-state index in [0.29, 0.717) is 5.75 Å². The normalized spacial score (nSPS) is 34.1. The predicted octanol–water partition coefficient (Wildman–Crippen LogP) is 7.03. The van der Waals surface area contributed by atoms with Crippen molar-refractivity contribution in [1.82, 2.24) is 0 Å². The standard InChI is InChI=1S/C48H84O14/c1-9-10-11-12-13-14-15-16-17-18-19-20-21-22-23-24-25-26-34-27-29-35(30-28-34)59-48-45(42(54-6)37(49)32(2)57-48)62-47-44(56-8)43(55-7)40(33(3)58-47)61-46-39(51)41(53-5)38(50)36(60-46)31-52-4/h27-30,32-33,36-51H,9-26,31H2,1-8H3/t32-,33-,36+,37-,38+,39+,40-,41-,42+,43+,44+,45+,46-,47-,48-/m0/s1. The van der Waals surface area contributed by atoms with Crippen molar-refractivity contribution in [3.63, 3.8) is 0 Å². The highest BCUT2D eigenvalue weighted by Crippen LogP contribution is 2.36. The molecule has 0 bridgehead atoms. The van der Waals surface area contributed by atoms with Crippen molar-refractivity contribution in [2.45, 2.75) is 228 Å². The summed E-state index contributed by atoms with van der Waals surface area (Å²) in [6.07, 6.45) is 10.0. The molecule has 14 nitrogen and oxygen atoms in total. The summed E-state index contributed by atoms with van der Waals surface area (Å²) in [5.74, 6) is 0.593. The van der Waals surface area contributed by atoms with Crippen LogP contribution in [-0.2, 0) is 53.8 Å². The number of aliphatic hydroxyl groups excluding tert-OH is 3. The van der Waals surface area contributed by atoms with Gasteiger partial charge in [0.1, 0.15) is 60.7 Å². The minimum atomic E-state index is -1.33. The van der Waals surface area contributed by atoms with Gasteiger partial charge >= 0.3 is 0 Å². The quantitative estimate of drug-likeness (QED) is 0.0675. The van der Waals surface area contributed by atoms with Crippen molar-refractivity contribution in [1.29, 1.82) is 0 Å². The minimum Gasteiger partial charge on any atom is -0.462 e. The van der Waals surface area contributed by atoms with Crippen molar-refractivity contribution >= 4 is 0 Å². The van der Waals surface area contributed by atoms with E-state index in [9.17, 15) is 15.3 Å². The summed E-state index contributed by atoms with van der Waals surface area (Å²) in [5.41, 5.74) is 1.25. The highest BCUT2D eigenvalue weighted by Gasteiger charge is 2.54.